The Hall–Kier alpha value is -4.72. The van der Waals surface area contributed by atoms with E-state index in [4.69, 9.17) is 0 Å². The lowest BCUT2D eigenvalue weighted by Crippen LogP contribution is -2.69. The number of benzene rings is 1. The van der Waals surface area contributed by atoms with Crippen LogP contribution in [0.2, 0.25) is 0 Å². The summed E-state index contributed by atoms with van der Waals surface area (Å²) in [4.78, 5) is 66.4. The lowest BCUT2D eigenvalue weighted by Gasteiger charge is -2.49. The highest BCUT2D eigenvalue weighted by molar-refractivity contribution is 6.03. The van der Waals surface area contributed by atoms with Gasteiger partial charge in [-0.2, -0.15) is 5.01 Å². The molecule has 350 valence electrons. The summed E-state index contributed by atoms with van der Waals surface area (Å²) in [7, 11) is 0. The number of hydrogen-bond donors (Lipinski definition) is 7. The number of hydrogen-bond acceptors (Lipinski definition) is 15. The molecule has 1 saturated carbocycles. The normalized spacial score (nSPS) is 33.1. The van der Waals surface area contributed by atoms with Crippen LogP contribution >= 0.6 is 0 Å². The SMILES string of the molecule is C[C@@]1(O)CC/C=C\CN2C(=O)C3CNC(Nc4ccc(N5CCN(C6CCC7(CC6)CCN(c6cnc(C(=O)NC8CCC(=O)NC8=O)cn6)CC7)CC5)cc4)NC3N2C2CCCC1N2. The molecule has 1 aromatic heterocycles. The second-order valence-corrected chi connectivity index (χ2v) is 20.1. The Morgan fingerprint density at radius 1 is 0.846 bits per heavy atom. The number of piperazine rings is 1. The van der Waals surface area contributed by atoms with Gasteiger partial charge in [0.05, 0.1) is 42.8 Å². The molecule has 65 heavy (non-hydrogen) atoms. The number of aromatic nitrogens is 2. The average Bonchev–Trinajstić information content (AvgIpc) is 3.59. The van der Waals surface area contributed by atoms with Crippen LogP contribution in [0.15, 0.2) is 48.8 Å². The van der Waals surface area contributed by atoms with Crippen molar-refractivity contribution >= 4 is 40.8 Å². The first kappa shape index (κ1) is 44.1. The molecule has 1 spiro atoms. The van der Waals surface area contributed by atoms with Crippen LogP contribution < -0.4 is 41.7 Å². The van der Waals surface area contributed by atoms with Gasteiger partial charge in [0.15, 0.2) is 0 Å². The maximum atomic E-state index is 13.8. The van der Waals surface area contributed by atoms with Gasteiger partial charge in [-0.3, -0.25) is 50.4 Å². The van der Waals surface area contributed by atoms with Crippen LogP contribution in [0.25, 0.3) is 0 Å². The van der Waals surface area contributed by atoms with Crippen molar-refractivity contribution in [2.75, 3.05) is 67.5 Å². The second kappa shape index (κ2) is 18.5. The fourth-order valence-electron chi connectivity index (χ4n) is 12.0. The van der Waals surface area contributed by atoms with E-state index in [1.54, 1.807) is 6.20 Å². The van der Waals surface area contributed by atoms with Gasteiger partial charge >= 0.3 is 0 Å². The highest BCUT2D eigenvalue weighted by Crippen LogP contribution is 2.46. The van der Waals surface area contributed by atoms with E-state index in [0.717, 1.165) is 89.3 Å². The number of carbonyl (C=O) groups excluding carboxylic acids is 4. The number of aliphatic hydroxyl groups is 1. The molecule has 18 heteroatoms. The van der Waals surface area contributed by atoms with Gasteiger partial charge in [0.1, 0.15) is 23.8 Å². The van der Waals surface area contributed by atoms with Crippen molar-refractivity contribution in [1.82, 2.24) is 51.5 Å². The molecule has 8 heterocycles. The van der Waals surface area contributed by atoms with Gasteiger partial charge in [-0.1, -0.05) is 12.2 Å². The van der Waals surface area contributed by atoms with Gasteiger partial charge in [0.2, 0.25) is 17.7 Å². The first-order valence-corrected chi connectivity index (χ1v) is 24.3. The number of carbonyl (C=O) groups is 4. The maximum Gasteiger partial charge on any atom is 0.272 e. The van der Waals surface area contributed by atoms with Crippen LogP contribution in [0.3, 0.4) is 0 Å². The third-order valence-corrected chi connectivity index (χ3v) is 16.0. The molecule has 18 nitrogen and oxygen atoms in total. The van der Waals surface area contributed by atoms with E-state index in [2.05, 4.69) is 98.0 Å². The van der Waals surface area contributed by atoms with Gasteiger partial charge < -0.3 is 25.5 Å². The Labute approximate surface area is 381 Å². The molecule has 7 fully saturated rings. The summed E-state index contributed by atoms with van der Waals surface area (Å²) in [6.45, 7) is 9.06. The van der Waals surface area contributed by atoms with Crippen LogP contribution in [-0.2, 0) is 14.4 Å². The number of anilines is 3. The number of piperidine rings is 3. The van der Waals surface area contributed by atoms with Crippen molar-refractivity contribution < 1.29 is 24.3 Å². The van der Waals surface area contributed by atoms with E-state index in [1.807, 2.05) is 11.9 Å². The van der Waals surface area contributed by atoms with Crippen molar-refractivity contribution in [2.24, 2.45) is 11.3 Å². The van der Waals surface area contributed by atoms with Gasteiger partial charge in [-0.15, -0.1) is 0 Å². The molecular weight excluding hydrogens is 827 g/mol. The zero-order chi connectivity index (χ0) is 44.7. The molecule has 10 rings (SSSR count). The molecule has 1 aliphatic carbocycles. The Morgan fingerprint density at radius 3 is 2.37 bits per heavy atom. The topological polar surface area (TPSA) is 203 Å². The van der Waals surface area contributed by atoms with Gasteiger partial charge in [-0.25, -0.2) is 9.97 Å². The molecular formula is C47H67N13O5. The minimum atomic E-state index is -0.807. The molecule has 2 bridgehead atoms. The summed E-state index contributed by atoms with van der Waals surface area (Å²) in [5, 5.41) is 35.1. The smallest absolute Gasteiger partial charge is 0.272 e. The second-order valence-electron chi connectivity index (χ2n) is 20.1. The quantitative estimate of drug-likeness (QED) is 0.157. The van der Waals surface area contributed by atoms with Crippen LogP contribution in [0.5, 0.6) is 0 Å². The number of allylic oxidation sites excluding steroid dienone is 1. The molecule has 0 radical (unpaired) electrons. The molecule has 6 saturated heterocycles. The molecule has 6 unspecified atom stereocenters. The van der Waals surface area contributed by atoms with E-state index in [1.165, 1.54) is 37.6 Å². The van der Waals surface area contributed by atoms with E-state index in [9.17, 15) is 24.3 Å². The van der Waals surface area contributed by atoms with Crippen molar-refractivity contribution in [2.45, 2.75) is 133 Å². The number of rotatable bonds is 7. The average molecular weight is 894 g/mol. The molecule has 1 aromatic carbocycles. The summed E-state index contributed by atoms with van der Waals surface area (Å²) in [5.74, 6) is -0.571. The number of nitrogens with one attached hydrogen (secondary N) is 6. The number of fused-ring (bicyclic) bond motifs is 6. The molecule has 7 atom stereocenters. The lowest BCUT2D eigenvalue weighted by molar-refractivity contribution is -0.146. The summed E-state index contributed by atoms with van der Waals surface area (Å²) in [5.41, 5.74) is 1.98. The van der Waals surface area contributed by atoms with Crippen molar-refractivity contribution in [1.29, 1.82) is 0 Å². The third-order valence-electron chi connectivity index (χ3n) is 16.0. The van der Waals surface area contributed by atoms with E-state index in [-0.39, 0.29) is 60.9 Å². The van der Waals surface area contributed by atoms with Crippen molar-refractivity contribution in [3.8, 4) is 0 Å². The first-order chi connectivity index (χ1) is 31.5. The number of hydrazine groups is 1. The number of amides is 4. The Bertz CT molecular complexity index is 2080. The highest BCUT2D eigenvalue weighted by Gasteiger charge is 2.53. The Kier molecular flexibility index (Phi) is 12.6. The van der Waals surface area contributed by atoms with Gasteiger partial charge in [0.25, 0.3) is 5.91 Å². The predicted molar refractivity (Wildman–Crippen MR) is 245 cm³/mol. The van der Waals surface area contributed by atoms with E-state index < -0.39 is 23.5 Å². The number of imide groups is 1. The Morgan fingerprint density at radius 2 is 1.63 bits per heavy atom. The summed E-state index contributed by atoms with van der Waals surface area (Å²) >= 11 is 0. The lowest BCUT2D eigenvalue weighted by atomic mass is 9.66. The highest BCUT2D eigenvalue weighted by atomic mass is 16.3. The van der Waals surface area contributed by atoms with Crippen LogP contribution in [0, 0.1) is 11.3 Å². The summed E-state index contributed by atoms with van der Waals surface area (Å²) in [6.07, 6.45) is 19.0. The van der Waals surface area contributed by atoms with Crippen LogP contribution in [0.1, 0.15) is 101 Å². The van der Waals surface area contributed by atoms with Crippen LogP contribution in [0.4, 0.5) is 17.2 Å². The first-order valence-electron chi connectivity index (χ1n) is 24.3. The zero-order valence-corrected chi connectivity index (χ0v) is 37.7. The van der Waals surface area contributed by atoms with E-state index >= 15 is 0 Å². The standard InChI is InChI=1S/C47H67N13O5/c1-46(65)16-3-2-4-21-59-44(64)34-28-50-45(55-41(34)60(59)38-7-5-6-37(46)53-38)51-31-8-10-32(11-9-31)56-24-26-57(27-25-56)33-14-17-47(18-15-33)19-22-58(23-20-47)39-30-48-36(29-49-39)43(63)52-35-12-13-40(61)54-42(35)62/h2,4,8-11,29-30,33-35,37-38,41,45,50-51,53,55,65H,3,5-7,12-28H2,1H3,(H,52,63)(H,54,61,62)/b4-2-/t34?,35?,37?,38?,41?,45?,46-/m1/s1. The Balaban J connectivity index is 0.667. The van der Waals surface area contributed by atoms with Crippen molar-refractivity contribution in [3.63, 3.8) is 0 Å². The van der Waals surface area contributed by atoms with Crippen LogP contribution in [-0.4, -0.2) is 148 Å². The molecule has 7 aliphatic heterocycles. The summed E-state index contributed by atoms with van der Waals surface area (Å²) < 4.78 is 0. The van der Waals surface area contributed by atoms with Crippen molar-refractivity contribution in [3.05, 3.63) is 54.5 Å². The largest absolute Gasteiger partial charge is 0.389 e. The number of nitrogens with zero attached hydrogens (tertiary/aromatic N) is 7. The fraction of sp³-hybridized carbons (Fsp3) is 0.660. The monoisotopic (exact) mass is 894 g/mol. The molecule has 8 aliphatic rings. The zero-order valence-electron chi connectivity index (χ0n) is 37.7. The third kappa shape index (κ3) is 9.34. The maximum absolute atomic E-state index is 13.8. The summed E-state index contributed by atoms with van der Waals surface area (Å²) in [6, 6.07) is 8.64. The minimum Gasteiger partial charge on any atom is -0.389 e. The predicted octanol–water partition coefficient (Wildman–Crippen LogP) is 1.82. The fourth-order valence-corrected chi connectivity index (χ4v) is 12.0. The van der Waals surface area contributed by atoms with E-state index in [0.29, 0.717) is 31.0 Å². The van der Waals surface area contributed by atoms with Gasteiger partial charge in [0, 0.05) is 75.7 Å². The molecule has 2 aromatic rings. The molecule has 7 N–H and O–H groups in total. The minimum absolute atomic E-state index is 0.0192. The molecule has 4 amide bonds. The van der Waals surface area contributed by atoms with Gasteiger partial charge in [-0.05, 0) is 114 Å².